The Labute approximate surface area is 131 Å². The zero-order chi connectivity index (χ0) is 14.9. The monoisotopic (exact) mass is 309 g/mol. The SMILES string of the molecule is O=C(NCCCCN1CCCCCC1)c1cncc(Cl)c1. The molecule has 116 valence electrons. The number of nitrogens with zero attached hydrogens (tertiary/aromatic N) is 2. The van der Waals surface area contributed by atoms with Crippen LogP contribution in [0.5, 0.6) is 0 Å². The second-order valence-corrected chi connectivity index (χ2v) is 6.05. The van der Waals surface area contributed by atoms with Crippen LogP contribution in [-0.2, 0) is 0 Å². The molecule has 0 unspecified atom stereocenters. The topological polar surface area (TPSA) is 45.2 Å². The number of likely N-dealkylation sites (tertiary alicyclic amines) is 1. The van der Waals surface area contributed by atoms with Gasteiger partial charge in [-0.05, 0) is 51.4 Å². The molecule has 0 radical (unpaired) electrons. The van der Waals surface area contributed by atoms with Crippen molar-refractivity contribution in [1.29, 1.82) is 0 Å². The van der Waals surface area contributed by atoms with Crippen molar-refractivity contribution in [3.63, 3.8) is 0 Å². The Morgan fingerprint density at radius 1 is 1.19 bits per heavy atom. The molecular weight excluding hydrogens is 286 g/mol. The van der Waals surface area contributed by atoms with Crippen LogP contribution in [0.15, 0.2) is 18.5 Å². The van der Waals surface area contributed by atoms with E-state index in [4.69, 9.17) is 11.6 Å². The quantitative estimate of drug-likeness (QED) is 0.821. The van der Waals surface area contributed by atoms with Crippen LogP contribution in [-0.4, -0.2) is 42.0 Å². The van der Waals surface area contributed by atoms with Crippen LogP contribution >= 0.6 is 11.6 Å². The van der Waals surface area contributed by atoms with Crippen LogP contribution < -0.4 is 5.32 Å². The first-order valence-corrected chi connectivity index (χ1v) is 8.24. The summed E-state index contributed by atoms with van der Waals surface area (Å²) in [6.07, 6.45) is 10.6. The summed E-state index contributed by atoms with van der Waals surface area (Å²) >= 11 is 5.82. The molecule has 1 aliphatic rings. The zero-order valence-electron chi connectivity index (χ0n) is 12.5. The van der Waals surface area contributed by atoms with Crippen molar-refractivity contribution >= 4 is 17.5 Å². The smallest absolute Gasteiger partial charge is 0.252 e. The molecule has 1 amide bonds. The fourth-order valence-corrected chi connectivity index (χ4v) is 2.83. The van der Waals surface area contributed by atoms with Gasteiger partial charge in [0.15, 0.2) is 0 Å². The van der Waals surface area contributed by atoms with Crippen molar-refractivity contribution in [2.45, 2.75) is 38.5 Å². The molecule has 2 rings (SSSR count). The fourth-order valence-electron chi connectivity index (χ4n) is 2.66. The third-order valence-electron chi connectivity index (χ3n) is 3.85. The second-order valence-electron chi connectivity index (χ2n) is 5.61. The Morgan fingerprint density at radius 3 is 2.67 bits per heavy atom. The summed E-state index contributed by atoms with van der Waals surface area (Å²) in [7, 11) is 0. The summed E-state index contributed by atoms with van der Waals surface area (Å²) in [5, 5.41) is 3.41. The molecule has 0 saturated carbocycles. The molecule has 1 aromatic heterocycles. The largest absolute Gasteiger partial charge is 0.352 e. The molecule has 4 nitrogen and oxygen atoms in total. The van der Waals surface area contributed by atoms with Crippen LogP contribution in [0.3, 0.4) is 0 Å². The van der Waals surface area contributed by atoms with E-state index in [9.17, 15) is 4.79 Å². The number of halogens is 1. The molecule has 21 heavy (non-hydrogen) atoms. The number of nitrogens with one attached hydrogen (secondary N) is 1. The van der Waals surface area contributed by atoms with E-state index in [1.807, 2.05) is 0 Å². The van der Waals surface area contributed by atoms with E-state index in [0.717, 1.165) is 19.4 Å². The molecular formula is C16H24ClN3O. The molecule has 1 N–H and O–H groups in total. The van der Waals surface area contributed by atoms with Gasteiger partial charge in [-0.25, -0.2) is 0 Å². The van der Waals surface area contributed by atoms with Crippen molar-refractivity contribution in [3.8, 4) is 0 Å². The Bertz CT molecular complexity index is 445. The maximum Gasteiger partial charge on any atom is 0.252 e. The summed E-state index contributed by atoms with van der Waals surface area (Å²) in [5.74, 6) is -0.0974. The second kappa shape index (κ2) is 9.00. The average Bonchev–Trinajstić information content (AvgIpc) is 2.75. The first-order chi connectivity index (χ1) is 10.3. The maximum atomic E-state index is 11.9. The lowest BCUT2D eigenvalue weighted by Gasteiger charge is -2.19. The fraction of sp³-hybridized carbons (Fsp3) is 0.625. The lowest BCUT2D eigenvalue weighted by atomic mass is 10.2. The van der Waals surface area contributed by atoms with Crippen molar-refractivity contribution in [1.82, 2.24) is 15.2 Å². The highest BCUT2D eigenvalue weighted by Gasteiger charge is 2.09. The van der Waals surface area contributed by atoms with Crippen LogP contribution in [0.1, 0.15) is 48.9 Å². The summed E-state index contributed by atoms with van der Waals surface area (Å²) in [6, 6.07) is 1.64. The first kappa shape index (κ1) is 16.2. The minimum absolute atomic E-state index is 0.0974. The van der Waals surface area contributed by atoms with Gasteiger partial charge in [-0.15, -0.1) is 0 Å². The van der Waals surface area contributed by atoms with Crippen molar-refractivity contribution in [2.75, 3.05) is 26.2 Å². The molecule has 2 heterocycles. The summed E-state index contributed by atoms with van der Waals surface area (Å²) in [5.41, 5.74) is 0.523. The first-order valence-electron chi connectivity index (χ1n) is 7.87. The van der Waals surface area contributed by atoms with Gasteiger partial charge in [0.2, 0.25) is 0 Å². The highest BCUT2D eigenvalue weighted by Crippen LogP contribution is 2.10. The molecule has 5 heteroatoms. The molecule has 1 saturated heterocycles. The van der Waals surface area contributed by atoms with E-state index < -0.39 is 0 Å². The molecule has 0 aliphatic carbocycles. The van der Waals surface area contributed by atoms with Gasteiger partial charge < -0.3 is 10.2 Å². The van der Waals surface area contributed by atoms with E-state index in [1.165, 1.54) is 45.0 Å². The predicted octanol–water partition coefficient (Wildman–Crippen LogP) is 3.12. The molecule has 0 atom stereocenters. The van der Waals surface area contributed by atoms with Gasteiger partial charge in [-0.1, -0.05) is 24.4 Å². The molecule has 1 aliphatic heterocycles. The summed E-state index contributed by atoms with van der Waals surface area (Å²) < 4.78 is 0. The summed E-state index contributed by atoms with van der Waals surface area (Å²) in [4.78, 5) is 18.4. The molecule has 1 aromatic rings. The van der Waals surface area contributed by atoms with E-state index in [0.29, 0.717) is 17.1 Å². The minimum atomic E-state index is -0.0974. The molecule has 1 fully saturated rings. The van der Waals surface area contributed by atoms with E-state index in [-0.39, 0.29) is 5.91 Å². The van der Waals surface area contributed by atoms with Gasteiger partial charge in [0.25, 0.3) is 5.91 Å². The van der Waals surface area contributed by atoms with Crippen LogP contribution in [0.2, 0.25) is 5.02 Å². The van der Waals surface area contributed by atoms with Gasteiger partial charge >= 0.3 is 0 Å². The third kappa shape index (κ3) is 6.02. The Balaban J connectivity index is 1.60. The standard InChI is InChI=1S/C16H24ClN3O/c17-15-11-14(12-18-13-15)16(21)19-7-3-6-10-20-8-4-1-2-5-9-20/h11-13H,1-10H2,(H,19,21). The van der Waals surface area contributed by atoms with Gasteiger partial charge in [0.05, 0.1) is 10.6 Å². The third-order valence-corrected chi connectivity index (χ3v) is 4.06. The average molecular weight is 310 g/mol. The normalized spacial score (nSPS) is 16.4. The zero-order valence-corrected chi connectivity index (χ0v) is 13.2. The van der Waals surface area contributed by atoms with Crippen molar-refractivity contribution < 1.29 is 4.79 Å². The van der Waals surface area contributed by atoms with Crippen molar-refractivity contribution in [3.05, 3.63) is 29.0 Å². The number of hydrogen-bond acceptors (Lipinski definition) is 3. The molecule has 0 bridgehead atoms. The Morgan fingerprint density at radius 2 is 1.95 bits per heavy atom. The van der Waals surface area contributed by atoms with E-state index >= 15 is 0 Å². The number of carbonyl (C=O) groups is 1. The molecule has 0 spiro atoms. The van der Waals surface area contributed by atoms with Crippen LogP contribution in [0, 0.1) is 0 Å². The number of unbranched alkanes of at least 4 members (excludes halogenated alkanes) is 1. The number of hydrogen-bond donors (Lipinski definition) is 1. The lowest BCUT2D eigenvalue weighted by Crippen LogP contribution is -2.28. The van der Waals surface area contributed by atoms with Gasteiger partial charge in [-0.2, -0.15) is 0 Å². The van der Waals surface area contributed by atoms with E-state index in [2.05, 4.69) is 15.2 Å². The molecule has 0 aromatic carbocycles. The number of rotatable bonds is 6. The van der Waals surface area contributed by atoms with Gasteiger partial charge in [0.1, 0.15) is 0 Å². The number of pyridine rings is 1. The maximum absolute atomic E-state index is 11.9. The van der Waals surface area contributed by atoms with Gasteiger partial charge in [0, 0.05) is 18.9 Å². The predicted molar refractivity (Wildman–Crippen MR) is 85.7 cm³/mol. The Hall–Kier alpha value is -1.13. The van der Waals surface area contributed by atoms with Gasteiger partial charge in [-0.3, -0.25) is 9.78 Å². The number of aromatic nitrogens is 1. The van der Waals surface area contributed by atoms with E-state index in [1.54, 1.807) is 12.3 Å². The highest BCUT2D eigenvalue weighted by molar-refractivity contribution is 6.30. The highest BCUT2D eigenvalue weighted by atomic mass is 35.5. The van der Waals surface area contributed by atoms with Crippen LogP contribution in [0.25, 0.3) is 0 Å². The summed E-state index contributed by atoms with van der Waals surface area (Å²) in [6.45, 7) is 4.33. The lowest BCUT2D eigenvalue weighted by molar-refractivity contribution is 0.0952. The van der Waals surface area contributed by atoms with Crippen LogP contribution in [0.4, 0.5) is 0 Å². The number of carbonyl (C=O) groups excluding carboxylic acids is 1. The number of amides is 1. The van der Waals surface area contributed by atoms with Crippen molar-refractivity contribution in [2.24, 2.45) is 0 Å². The minimum Gasteiger partial charge on any atom is -0.352 e. The Kier molecular flexibility index (Phi) is 6.96.